The third-order valence-electron chi connectivity index (χ3n) is 3.63. The Balaban J connectivity index is 1.89. The number of aromatic nitrogens is 1. The number of benzene rings is 1. The lowest BCUT2D eigenvalue weighted by Gasteiger charge is -2.25. The average molecular weight is 229 g/mol. The van der Waals surface area contributed by atoms with Crippen LogP contribution in [0.2, 0.25) is 0 Å². The molecule has 0 amide bonds. The van der Waals surface area contributed by atoms with E-state index in [0.29, 0.717) is 6.04 Å². The summed E-state index contributed by atoms with van der Waals surface area (Å²) in [6.07, 6.45) is 4.55. The number of aryl methyl sites for hydroxylation is 1. The molecule has 0 aliphatic carbocycles. The van der Waals surface area contributed by atoms with Crippen LogP contribution in [0.25, 0.3) is 10.9 Å². The monoisotopic (exact) mass is 229 g/mol. The van der Waals surface area contributed by atoms with Gasteiger partial charge in [-0.15, -0.1) is 0 Å². The molecule has 3 heteroatoms. The number of piperidine rings is 1. The normalized spacial score (nSPS) is 17.5. The first-order chi connectivity index (χ1) is 8.34. The molecule has 2 aromatic rings. The van der Waals surface area contributed by atoms with Crippen molar-refractivity contribution in [3.8, 4) is 0 Å². The van der Waals surface area contributed by atoms with Gasteiger partial charge < -0.3 is 15.2 Å². The van der Waals surface area contributed by atoms with Gasteiger partial charge in [-0.2, -0.15) is 0 Å². The molecule has 3 nitrogen and oxygen atoms in total. The maximum atomic E-state index is 3.68. The minimum Gasteiger partial charge on any atom is -0.382 e. The highest BCUT2D eigenvalue weighted by Gasteiger charge is 2.13. The number of nitrogens with one attached hydrogen (secondary N) is 2. The Kier molecular flexibility index (Phi) is 2.77. The van der Waals surface area contributed by atoms with Crippen molar-refractivity contribution in [1.82, 2.24) is 9.88 Å². The molecule has 90 valence electrons. The van der Waals surface area contributed by atoms with Crippen molar-refractivity contribution in [1.29, 1.82) is 0 Å². The highest BCUT2D eigenvalue weighted by Crippen LogP contribution is 2.25. The van der Waals surface area contributed by atoms with Gasteiger partial charge in [0.2, 0.25) is 0 Å². The molecule has 0 saturated carbocycles. The molecule has 0 bridgehead atoms. The van der Waals surface area contributed by atoms with Crippen LogP contribution in [-0.2, 0) is 7.05 Å². The zero-order valence-corrected chi connectivity index (χ0v) is 10.2. The van der Waals surface area contributed by atoms with Crippen molar-refractivity contribution in [2.45, 2.75) is 18.9 Å². The Morgan fingerprint density at radius 1 is 1.24 bits per heavy atom. The standard InChI is InChI=1S/C14H19N3/c1-17-10-7-12-13(3-2-4-14(12)17)16-11-5-8-15-9-6-11/h2-4,7,10-11,15-16H,5-6,8-9H2,1H3. The van der Waals surface area contributed by atoms with Crippen LogP contribution >= 0.6 is 0 Å². The Hall–Kier alpha value is -1.48. The Morgan fingerprint density at radius 3 is 2.88 bits per heavy atom. The van der Waals surface area contributed by atoms with Gasteiger partial charge in [0.1, 0.15) is 0 Å². The molecular weight excluding hydrogens is 210 g/mol. The predicted octanol–water partition coefficient (Wildman–Crippen LogP) is 2.34. The van der Waals surface area contributed by atoms with Crippen LogP contribution in [0, 0.1) is 0 Å². The Bertz CT molecular complexity index is 509. The Labute approximate surface area is 102 Å². The third-order valence-corrected chi connectivity index (χ3v) is 3.63. The van der Waals surface area contributed by atoms with Crippen LogP contribution in [0.3, 0.4) is 0 Å². The summed E-state index contributed by atoms with van der Waals surface area (Å²) < 4.78 is 2.17. The van der Waals surface area contributed by atoms with Crippen molar-refractivity contribution in [3.05, 3.63) is 30.5 Å². The minimum absolute atomic E-state index is 0.613. The van der Waals surface area contributed by atoms with E-state index >= 15 is 0 Å². The summed E-state index contributed by atoms with van der Waals surface area (Å²) in [5.41, 5.74) is 2.57. The molecule has 1 aromatic carbocycles. The highest BCUT2D eigenvalue weighted by atomic mass is 15.0. The molecule has 0 spiro atoms. The van der Waals surface area contributed by atoms with Gasteiger partial charge in [0.05, 0.1) is 0 Å². The van der Waals surface area contributed by atoms with E-state index in [9.17, 15) is 0 Å². The smallest absolute Gasteiger partial charge is 0.0498 e. The molecule has 17 heavy (non-hydrogen) atoms. The second kappa shape index (κ2) is 4.41. The van der Waals surface area contributed by atoms with Crippen molar-refractivity contribution in [3.63, 3.8) is 0 Å². The van der Waals surface area contributed by atoms with E-state index in [4.69, 9.17) is 0 Å². The van der Waals surface area contributed by atoms with E-state index in [2.05, 4.69) is 52.7 Å². The molecule has 2 heterocycles. The lowest BCUT2D eigenvalue weighted by Crippen LogP contribution is -2.35. The van der Waals surface area contributed by atoms with Crippen molar-refractivity contribution < 1.29 is 0 Å². The molecule has 1 aromatic heterocycles. The van der Waals surface area contributed by atoms with Gasteiger partial charge in [0.25, 0.3) is 0 Å². The quantitative estimate of drug-likeness (QED) is 0.827. The SMILES string of the molecule is Cn1ccc2c(NC3CCNCC3)cccc21. The van der Waals surface area contributed by atoms with Crippen molar-refractivity contribution >= 4 is 16.6 Å². The Morgan fingerprint density at radius 2 is 2.06 bits per heavy atom. The van der Waals surface area contributed by atoms with Crippen LogP contribution in [0.5, 0.6) is 0 Å². The number of hydrogen-bond donors (Lipinski definition) is 2. The summed E-state index contributed by atoms with van der Waals surface area (Å²) in [5, 5.41) is 8.41. The summed E-state index contributed by atoms with van der Waals surface area (Å²) in [6.45, 7) is 2.25. The van der Waals surface area contributed by atoms with Crippen LogP contribution in [0.15, 0.2) is 30.5 Å². The fourth-order valence-electron chi connectivity index (χ4n) is 2.61. The minimum atomic E-state index is 0.613. The van der Waals surface area contributed by atoms with Gasteiger partial charge >= 0.3 is 0 Å². The van der Waals surface area contributed by atoms with Crippen molar-refractivity contribution in [2.24, 2.45) is 7.05 Å². The second-order valence-electron chi connectivity index (χ2n) is 4.83. The van der Waals surface area contributed by atoms with E-state index < -0.39 is 0 Å². The lowest BCUT2D eigenvalue weighted by molar-refractivity contribution is 0.479. The molecular formula is C14H19N3. The predicted molar refractivity (Wildman–Crippen MR) is 72.4 cm³/mol. The van der Waals surface area contributed by atoms with E-state index in [1.165, 1.54) is 29.4 Å². The van der Waals surface area contributed by atoms with Gasteiger partial charge in [-0.3, -0.25) is 0 Å². The number of hydrogen-bond acceptors (Lipinski definition) is 2. The number of rotatable bonds is 2. The second-order valence-corrected chi connectivity index (χ2v) is 4.83. The van der Waals surface area contributed by atoms with Crippen molar-refractivity contribution in [2.75, 3.05) is 18.4 Å². The number of anilines is 1. The van der Waals surface area contributed by atoms with Gasteiger partial charge in [-0.25, -0.2) is 0 Å². The van der Waals surface area contributed by atoms with Gasteiger partial charge in [0, 0.05) is 35.9 Å². The maximum absolute atomic E-state index is 3.68. The first-order valence-corrected chi connectivity index (χ1v) is 6.36. The first-order valence-electron chi connectivity index (χ1n) is 6.36. The molecule has 3 rings (SSSR count). The summed E-state index contributed by atoms with van der Waals surface area (Å²) in [6, 6.07) is 9.29. The van der Waals surface area contributed by atoms with E-state index in [1.807, 2.05) is 0 Å². The molecule has 1 aliphatic rings. The zero-order valence-electron chi connectivity index (χ0n) is 10.2. The fraction of sp³-hybridized carbons (Fsp3) is 0.429. The third kappa shape index (κ3) is 2.03. The fourth-order valence-corrected chi connectivity index (χ4v) is 2.61. The summed E-state index contributed by atoms with van der Waals surface area (Å²) >= 11 is 0. The lowest BCUT2D eigenvalue weighted by atomic mass is 10.1. The van der Waals surface area contributed by atoms with E-state index in [-0.39, 0.29) is 0 Å². The van der Waals surface area contributed by atoms with Crippen LogP contribution < -0.4 is 10.6 Å². The molecule has 1 fully saturated rings. The van der Waals surface area contributed by atoms with Gasteiger partial charge in [0.15, 0.2) is 0 Å². The topological polar surface area (TPSA) is 29.0 Å². The summed E-state index contributed by atoms with van der Waals surface area (Å²) in [4.78, 5) is 0. The van der Waals surface area contributed by atoms with Gasteiger partial charge in [-0.05, 0) is 44.1 Å². The molecule has 0 atom stereocenters. The molecule has 1 saturated heterocycles. The maximum Gasteiger partial charge on any atom is 0.0498 e. The summed E-state index contributed by atoms with van der Waals surface area (Å²) in [7, 11) is 2.09. The van der Waals surface area contributed by atoms with Crippen LogP contribution in [-0.4, -0.2) is 23.7 Å². The van der Waals surface area contributed by atoms with E-state index in [1.54, 1.807) is 0 Å². The highest BCUT2D eigenvalue weighted by molar-refractivity contribution is 5.92. The van der Waals surface area contributed by atoms with E-state index in [0.717, 1.165) is 13.1 Å². The summed E-state index contributed by atoms with van der Waals surface area (Å²) in [5.74, 6) is 0. The van der Waals surface area contributed by atoms with Gasteiger partial charge in [-0.1, -0.05) is 6.07 Å². The first kappa shape index (κ1) is 10.7. The average Bonchev–Trinajstić information content (AvgIpc) is 2.74. The van der Waals surface area contributed by atoms with Crippen LogP contribution in [0.4, 0.5) is 5.69 Å². The number of nitrogens with zero attached hydrogens (tertiary/aromatic N) is 1. The number of fused-ring (bicyclic) bond motifs is 1. The molecule has 0 radical (unpaired) electrons. The molecule has 1 aliphatic heterocycles. The molecule has 0 unspecified atom stereocenters. The zero-order chi connectivity index (χ0) is 11.7. The molecule has 2 N–H and O–H groups in total. The largest absolute Gasteiger partial charge is 0.382 e. The van der Waals surface area contributed by atoms with Crippen LogP contribution in [0.1, 0.15) is 12.8 Å².